The number of nitrogens with two attached hydrogens (primary N) is 1. The maximum Gasteiger partial charge on any atom is 0.221 e. The Labute approximate surface area is 130 Å². The Morgan fingerprint density at radius 2 is 1.81 bits per heavy atom. The second-order valence-corrected chi connectivity index (χ2v) is 6.94. The molecule has 124 valence electrons. The lowest BCUT2D eigenvalue weighted by Gasteiger charge is -2.34. The number of carbonyl (C=O) groups is 1. The van der Waals surface area contributed by atoms with Gasteiger partial charge in [-0.1, -0.05) is 20.8 Å². The Kier molecular flexibility index (Phi) is 7.63. The monoisotopic (exact) mass is 298 g/mol. The molecule has 21 heavy (non-hydrogen) atoms. The highest BCUT2D eigenvalue weighted by Crippen LogP contribution is 2.15. The van der Waals surface area contributed by atoms with Crippen molar-refractivity contribution in [2.75, 3.05) is 45.8 Å². The Hall–Kier alpha value is -0.650. The van der Waals surface area contributed by atoms with Gasteiger partial charge >= 0.3 is 0 Å². The zero-order valence-corrected chi connectivity index (χ0v) is 14.3. The Morgan fingerprint density at radius 3 is 2.29 bits per heavy atom. The molecule has 1 aliphatic rings. The van der Waals surface area contributed by atoms with Crippen LogP contribution in [0.4, 0.5) is 0 Å². The largest absolute Gasteiger partial charge is 0.350 e. The molecule has 0 aromatic heterocycles. The molecule has 1 atom stereocenters. The first kappa shape index (κ1) is 18.4. The van der Waals surface area contributed by atoms with Gasteiger partial charge in [0.05, 0.1) is 0 Å². The van der Waals surface area contributed by atoms with Crippen molar-refractivity contribution < 1.29 is 4.79 Å². The van der Waals surface area contributed by atoms with Crippen molar-refractivity contribution in [1.82, 2.24) is 15.1 Å². The first-order valence-corrected chi connectivity index (χ1v) is 8.34. The van der Waals surface area contributed by atoms with E-state index in [1.54, 1.807) is 0 Å². The molecule has 1 amide bonds. The van der Waals surface area contributed by atoms with E-state index in [-0.39, 0.29) is 11.4 Å². The molecule has 0 bridgehead atoms. The van der Waals surface area contributed by atoms with Crippen molar-refractivity contribution in [3.8, 4) is 0 Å². The fourth-order valence-electron chi connectivity index (χ4n) is 3.07. The van der Waals surface area contributed by atoms with Gasteiger partial charge in [0.25, 0.3) is 0 Å². The highest BCUT2D eigenvalue weighted by atomic mass is 16.1. The van der Waals surface area contributed by atoms with E-state index in [1.807, 2.05) is 6.92 Å². The van der Waals surface area contributed by atoms with Crippen molar-refractivity contribution >= 4 is 5.91 Å². The molecule has 1 rings (SSSR count). The number of nitrogens with zero attached hydrogens (tertiary/aromatic N) is 2. The normalized spacial score (nSPS) is 20.5. The van der Waals surface area contributed by atoms with Crippen molar-refractivity contribution in [3.05, 3.63) is 0 Å². The van der Waals surface area contributed by atoms with E-state index >= 15 is 0 Å². The Bertz CT molecular complexity index is 313. The third kappa shape index (κ3) is 6.76. The molecule has 0 spiro atoms. The van der Waals surface area contributed by atoms with Crippen molar-refractivity contribution in [3.63, 3.8) is 0 Å². The standard InChI is InChI=1S/C16H34N4O/c1-5-19-8-10-20(11-9-19)7-6-15(21)18-16(4,13-17)12-14(2)3/h14H,5-13,17H2,1-4H3,(H,18,21). The van der Waals surface area contributed by atoms with E-state index in [0.29, 0.717) is 18.9 Å². The van der Waals surface area contributed by atoms with Gasteiger partial charge in [-0.3, -0.25) is 4.79 Å². The summed E-state index contributed by atoms with van der Waals surface area (Å²) in [5.74, 6) is 0.655. The average Bonchev–Trinajstić information content (AvgIpc) is 2.44. The van der Waals surface area contributed by atoms with E-state index in [4.69, 9.17) is 5.73 Å². The zero-order chi connectivity index (χ0) is 15.9. The van der Waals surface area contributed by atoms with Gasteiger partial charge in [-0.25, -0.2) is 0 Å². The third-order valence-corrected chi connectivity index (χ3v) is 4.32. The van der Waals surface area contributed by atoms with Gasteiger partial charge in [0.2, 0.25) is 5.91 Å². The minimum atomic E-state index is -0.272. The van der Waals surface area contributed by atoms with Crippen LogP contribution in [0.15, 0.2) is 0 Å². The fraction of sp³-hybridized carbons (Fsp3) is 0.938. The van der Waals surface area contributed by atoms with Crippen LogP contribution >= 0.6 is 0 Å². The molecular weight excluding hydrogens is 264 g/mol. The van der Waals surface area contributed by atoms with Crippen LogP contribution in [0.5, 0.6) is 0 Å². The molecule has 0 aliphatic carbocycles. The van der Waals surface area contributed by atoms with E-state index in [0.717, 1.165) is 45.7 Å². The van der Waals surface area contributed by atoms with Crippen LogP contribution in [-0.4, -0.2) is 67.1 Å². The Balaban J connectivity index is 2.30. The summed E-state index contributed by atoms with van der Waals surface area (Å²) in [7, 11) is 0. The van der Waals surface area contributed by atoms with Crippen LogP contribution in [0, 0.1) is 5.92 Å². The highest BCUT2D eigenvalue weighted by molar-refractivity contribution is 5.77. The molecule has 3 N–H and O–H groups in total. The van der Waals surface area contributed by atoms with E-state index in [9.17, 15) is 4.79 Å². The van der Waals surface area contributed by atoms with Gasteiger partial charge in [-0.05, 0) is 25.8 Å². The third-order valence-electron chi connectivity index (χ3n) is 4.32. The van der Waals surface area contributed by atoms with Crippen LogP contribution in [0.2, 0.25) is 0 Å². The fourth-order valence-corrected chi connectivity index (χ4v) is 3.07. The first-order valence-electron chi connectivity index (χ1n) is 8.34. The topological polar surface area (TPSA) is 61.6 Å². The molecule has 1 heterocycles. The highest BCUT2D eigenvalue weighted by Gasteiger charge is 2.26. The number of amides is 1. The lowest BCUT2D eigenvalue weighted by atomic mass is 9.90. The van der Waals surface area contributed by atoms with E-state index in [1.165, 1.54) is 0 Å². The molecule has 1 fully saturated rings. The van der Waals surface area contributed by atoms with Crippen LogP contribution in [0.3, 0.4) is 0 Å². The first-order chi connectivity index (χ1) is 9.88. The molecule has 0 radical (unpaired) electrons. The van der Waals surface area contributed by atoms with E-state index in [2.05, 4.69) is 35.9 Å². The van der Waals surface area contributed by atoms with Crippen LogP contribution in [0.25, 0.3) is 0 Å². The summed E-state index contributed by atoms with van der Waals surface area (Å²) in [6.45, 7) is 15.4. The van der Waals surface area contributed by atoms with Gasteiger partial charge in [0, 0.05) is 51.2 Å². The number of hydrogen-bond acceptors (Lipinski definition) is 4. The van der Waals surface area contributed by atoms with Gasteiger partial charge in [0.1, 0.15) is 0 Å². The number of nitrogens with one attached hydrogen (secondary N) is 1. The maximum absolute atomic E-state index is 12.2. The minimum absolute atomic E-state index is 0.126. The number of rotatable bonds is 8. The lowest BCUT2D eigenvalue weighted by molar-refractivity contribution is -0.123. The van der Waals surface area contributed by atoms with Gasteiger partial charge in [0.15, 0.2) is 0 Å². The zero-order valence-electron chi connectivity index (χ0n) is 14.3. The lowest BCUT2D eigenvalue weighted by Crippen LogP contribution is -2.53. The predicted octanol–water partition coefficient (Wildman–Crippen LogP) is 0.894. The van der Waals surface area contributed by atoms with Crippen LogP contribution in [-0.2, 0) is 4.79 Å². The maximum atomic E-state index is 12.2. The van der Waals surface area contributed by atoms with Crippen molar-refractivity contribution in [2.24, 2.45) is 11.7 Å². The molecule has 5 nitrogen and oxygen atoms in total. The van der Waals surface area contributed by atoms with Crippen LogP contribution in [0.1, 0.15) is 40.5 Å². The number of piperazine rings is 1. The smallest absolute Gasteiger partial charge is 0.221 e. The Morgan fingerprint density at radius 1 is 1.24 bits per heavy atom. The summed E-state index contributed by atoms with van der Waals surface area (Å²) in [5.41, 5.74) is 5.57. The number of carbonyl (C=O) groups excluding carboxylic acids is 1. The van der Waals surface area contributed by atoms with Crippen LogP contribution < -0.4 is 11.1 Å². The summed E-state index contributed by atoms with van der Waals surface area (Å²) >= 11 is 0. The molecule has 0 aromatic carbocycles. The number of likely N-dealkylation sites (N-methyl/N-ethyl adjacent to an activating group) is 1. The molecule has 1 saturated heterocycles. The van der Waals surface area contributed by atoms with Gasteiger partial charge < -0.3 is 20.9 Å². The molecular formula is C16H34N4O. The second-order valence-electron chi connectivity index (χ2n) is 6.94. The SMILES string of the molecule is CCN1CCN(CCC(=O)NC(C)(CN)CC(C)C)CC1. The quantitative estimate of drug-likeness (QED) is 0.699. The minimum Gasteiger partial charge on any atom is -0.350 e. The van der Waals surface area contributed by atoms with E-state index < -0.39 is 0 Å². The molecule has 1 aliphatic heterocycles. The summed E-state index contributed by atoms with van der Waals surface area (Å²) in [5, 5.41) is 3.13. The average molecular weight is 298 g/mol. The predicted molar refractivity (Wildman–Crippen MR) is 88.2 cm³/mol. The molecule has 0 aromatic rings. The number of hydrogen-bond donors (Lipinski definition) is 2. The molecule has 0 saturated carbocycles. The van der Waals surface area contributed by atoms with Gasteiger partial charge in [-0.2, -0.15) is 0 Å². The second kappa shape index (κ2) is 8.71. The van der Waals surface area contributed by atoms with Crippen molar-refractivity contribution in [2.45, 2.75) is 46.1 Å². The summed E-state index contributed by atoms with van der Waals surface area (Å²) < 4.78 is 0. The summed E-state index contributed by atoms with van der Waals surface area (Å²) in [6, 6.07) is 0. The van der Waals surface area contributed by atoms with Crippen molar-refractivity contribution in [1.29, 1.82) is 0 Å². The summed E-state index contributed by atoms with van der Waals surface area (Å²) in [6.07, 6.45) is 1.49. The van der Waals surface area contributed by atoms with Gasteiger partial charge in [-0.15, -0.1) is 0 Å². The summed E-state index contributed by atoms with van der Waals surface area (Å²) in [4.78, 5) is 17.0. The molecule has 1 unspecified atom stereocenters. The molecule has 5 heteroatoms.